The van der Waals surface area contributed by atoms with Gasteiger partial charge in [0.1, 0.15) is 11.6 Å². The zero-order valence-corrected chi connectivity index (χ0v) is 13.3. The van der Waals surface area contributed by atoms with E-state index in [9.17, 15) is 4.79 Å². The fraction of sp³-hybridized carbons (Fsp3) is 0.556. The molecular weight excluding hydrogens is 260 g/mol. The van der Waals surface area contributed by atoms with Crippen molar-refractivity contribution in [3.63, 3.8) is 0 Å². The zero-order chi connectivity index (χ0) is 15.1. The molecule has 114 valence electrons. The molecule has 0 saturated heterocycles. The van der Waals surface area contributed by atoms with Gasteiger partial charge in [-0.3, -0.25) is 4.79 Å². The maximum Gasteiger partial charge on any atom is 0.140 e. The number of unbranched alkanes of at least 4 members (excludes halogenated alkanes) is 4. The van der Waals surface area contributed by atoms with Gasteiger partial charge in [0.2, 0.25) is 0 Å². The summed E-state index contributed by atoms with van der Waals surface area (Å²) in [4.78, 5) is 16.8. The molecule has 0 atom stereocenters. The molecule has 0 aliphatic carbocycles. The van der Waals surface area contributed by atoms with Gasteiger partial charge in [0.15, 0.2) is 0 Å². The van der Waals surface area contributed by atoms with Gasteiger partial charge in [-0.1, -0.05) is 44.7 Å². The number of nitrogens with zero attached hydrogens (tertiary/aromatic N) is 2. The summed E-state index contributed by atoms with van der Waals surface area (Å²) in [5.41, 5.74) is 2.12. The van der Waals surface area contributed by atoms with Crippen molar-refractivity contribution in [2.24, 2.45) is 0 Å². The molecule has 0 unspecified atom stereocenters. The van der Waals surface area contributed by atoms with Crippen molar-refractivity contribution in [2.45, 2.75) is 65.3 Å². The highest BCUT2D eigenvalue weighted by atomic mass is 16.1. The molecule has 3 heteroatoms. The Morgan fingerprint density at radius 2 is 1.86 bits per heavy atom. The van der Waals surface area contributed by atoms with Gasteiger partial charge in [0.05, 0.1) is 17.5 Å². The Hall–Kier alpha value is -1.64. The Kier molecular flexibility index (Phi) is 5.97. The van der Waals surface area contributed by atoms with Crippen molar-refractivity contribution in [2.75, 3.05) is 0 Å². The second-order valence-corrected chi connectivity index (χ2v) is 5.64. The van der Waals surface area contributed by atoms with E-state index in [1.165, 1.54) is 25.7 Å². The standard InChI is InChI=1S/C18H26N2O/c1-3-5-6-7-8-11-15(21)14-18-19-16-12-9-10-13-17(16)20(18)4-2/h9-10,12-13H,3-8,11,14H2,1-2H3. The normalized spacial score (nSPS) is 11.1. The Bertz CT molecular complexity index is 586. The van der Waals surface area contributed by atoms with E-state index in [0.717, 1.165) is 29.8 Å². The van der Waals surface area contributed by atoms with Crippen molar-refractivity contribution in [1.29, 1.82) is 0 Å². The van der Waals surface area contributed by atoms with Crippen molar-refractivity contribution in [1.82, 2.24) is 9.55 Å². The molecule has 1 aromatic carbocycles. The van der Waals surface area contributed by atoms with Gasteiger partial charge in [-0.05, 0) is 25.5 Å². The fourth-order valence-corrected chi connectivity index (χ4v) is 2.80. The number of fused-ring (bicyclic) bond motifs is 1. The molecule has 0 bridgehead atoms. The average molecular weight is 286 g/mol. The van der Waals surface area contributed by atoms with Crippen LogP contribution in [0.5, 0.6) is 0 Å². The molecule has 0 saturated carbocycles. The molecule has 1 aromatic heterocycles. The number of aromatic nitrogens is 2. The zero-order valence-electron chi connectivity index (χ0n) is 13.3. The summed E-state index contributed by atoms with van der Waals surface area (Å²) < 4.78 is 2.16. The van der Waals surface area contributed by atoms with E-state index in [1.54, 1.807) is 0 Å². The van der Waals surface area contributed by atoms with Gasteiger partial charge < -0.3 is 4.57 Å². The number of carbonyl (C=O) groups excluding carboxylic acids is 1. The van der Waals surface area contributed by atoms with Crippen molar-refractivity contribution in [3.8, 4) is 0 Å². The summed E-state index contributed by atoms with van der Waals surface area (Å²) in [7, 11) is 0. The Morgan fingerprint density at radius 3 is 2.62 bits per heavy atom. The quantitative estimate of drug-likeness (QED) is 0.635. The first-order chi connectivity index (χ1) is 10.3. The second-order valence-electron chi connectivity index (χ2n) is 5.64. The number of hydrogen-bond donors (Lipinski definition) is 0. The summed E-state index contributed by atoms with van der Waals surface area (Å²) in [5.74, 6) is 1.23. The van der Waals surface area contributed by atoms with Crippen molar-refractivity contribution < 1.29 is 4.79 Å². The van der Waals surface area contributed by atoms with E-state index in [-0.39, 0.29) is 0 Å². The number of rotatable bonds is 9. The van der Waals surface area contributed by atoms with Crippen LogP contribution in [0.2, 0.25) is 0 Å². The Morgan fingerprint density at radius 1 is 1.10 bits per heavy atom. The van der Waals surface area contributed by atoms with E-state index < -0.39 is 0 Å². The van der Waals surface area contributed by atoms with Gasteiger partial charge in [-0.15, -0.1) is 0 Å². The number of benzene rings is 1. The van der Waals surface area contributed by atoms with Gasteiger partial charge in [0, 0.05) is 13.0 Å². The lowest BCUT2D eigenvalue weighted by atomic mass is 10.1. The van der Waals surface area contributed by atoms with Gasteiger partial charge in [-0.25, -0.2) is 4.98 Å². The first-order valence-corrected chi connectivity index (χ1v) is 8.22. The van der Waals surface area contributed by atoms with E-state index in [4.69, 9.17) is 0 Å². The summed E-state index contributed by atoms with van der Waals surface area (Å²) in [6, 6.07) is 8.11. The predicted molar refractivity (Wildman–Crippen MR) is 87.5 cm³/mol. The van der Waals surface area contributed by atoms with Crippen LogP contribution in [0.15, 0.2) is 24.3 Å². The molecule has 0 amide bonds. The molecule has 21 heavy (non-hydrogen) atoms. The topological polar surface area (TPSA) is 34.9 Å². The number of carbonyl (C=O) groups is 1. The highest BCUT2D eigenvalue weighted by molar-refractivity contribution is 5.82. The number of aryl methyl sites for hydroxylation is 1. The van der Waals surface area contributed by atoms with Gasteiger partial charge in [-0.2, -0.15) is 0 Å². The lowest BCUT2D eigenvalue weighted by Gasteiger charge is -2.05. The minimum absolute atomic E-state index is 0.316. The van der Waals surface area contributed by atoms with Crippen LogP contribution in [-0.2, 0) is 17.8 Å². The lowest BCUT2D eigenvalue weighted by Crippen LogP contribution is -2.09. The third-order valence-electron chi connectivity index (χ3n) is 3.96. The maximum atomic E-state index is 12.1. The summed E-state index contributed by atoms with van der Waals surface area (Å²) in [6.07, 6.45) is 7.12. The van der Waals surface area contributed by atoms with Crippen LogP contribution in [0.4, 0.5) is 0 Å². The average Bonchev–Trinajstić information content (AvgIpc) is 2.84. The molecule has 0 aliphatic heterocycles. The number of Topliss-reactive ketones (excluding diaryl/α,β-unsaturated/α-hetero) is 1. The summed E-state index contributed by atoms with van der Waals surface area (Å²) >= 11 is 0. The van der Waals surface area contributed by atoms with Gasteiger partial charge >= 0.3 is 0 Å². The molecule has 1 heterocycles. The van der Waals surface area contributed by atoms with Crippen LogP contribution in [0.1, 0.15) is 58.2 Å². The van der Waals surface area contributed by atoms with E-state index >= 15 is 0 Å². The second kappa shape index (κ2) is 7.96. The number of imidazole rings is 1. The van der Waals surface area contributed by atoms with Crippen LogP contribution in [0.3, 0.4) is 0 Å². The SMILES string of the molecule is CCCCCCCC(=O)Cc1nc2ccccc2n1CC. The first kappa shape index (κ1) is 15.7. The smallest absolute Gasteiger partial charge is 0.140 e. The molecule has 0 aliphatic rings. The number of para-hydroxylation sites is 2. The minimum atomic E-state index is 0.316. The highest BCUT2D eigenvalue weighted by Crippen LogP contribution is 2.17. The van der Waals surface area contributed by atoms with Crippen LogP contribution in [0.25, 0.3) is 11.0 Å². The maximum absolute atomic E-state index is 12.1. The van der Waals surface area contributed by atoms with E-state index in [1.807, 2.05) is 18.2 Å². The van der Waals surface area contributed by atoms with E-state index in [0.29, 0.717) is 18.6 Å². The molecule has 0 fully saturated rings. The highest BCUT2D eigenvalue weighted by Gasteiger charge is 2.12. The fourth-order valence-electron chi connectivity index (χ4n) is 2.80. The minimum Gasteiger partial charge on any atom is -0.328 e. The summed E-state index contributed by atoms with van der Waals surface area (Å²) in [5, 5.41) is 0. The number of hydrogen-bond acceptors (Lipinski definition) is 2. The third-order valence-corrected chi connectivity index (χ3v) is 3.96. The predicted octanol–water partition coefficient (Wildman–Crippen LogP) is 4.53. The van der Waals surface area contributed by atoms with Crippen LogP contribution in [0, 0.1) is 0 Å². The molecule has 0 N–H and O–H groups in total. The molecule has 0 radical (unpaired) electrons. The number of ketones is 1. The molecule has 0 spiro atoms. The van der Waals surface area contributed by atoms with Crippen LogP contribution < -0.4 is 0 Å². The van der Waals surface area contributed by atoms with Crippen molar-refractivity contribution in [3.05, 3.63) is 30.1 Å². The van der Waals surface area contributed by atoms with E-state index in [2.05, 4.69) is 29.5 Å². The molecule has 2 aromatic rings. The summed E-state index contributed by atoms with van der Waals surface area (Å²) in [6.45, 7) is 5.17. The molecular formula is C18H26N2O. The third kappa shape index (κ3) is 4.16. The molecule has 2 rings (SSSR count). The Labute approximate surface area is 127 Å². The van der Waals surface area contributed by atoms with Crippen LogP contribution in [-0.4, -0.2) is 15.3 Å². The monoisotopic (exact) mass is 286 g/mol. The Balaban J connectivity index is 1.94. The lowest BCUT2D eigenvalue weighted by molar-refractivity contribution is -0.118. The first-order valence-electron chi connectivity index (χ1n) is 8.22. The van der Waals surface area contributed by atoms with Gasteiger partial charge in [0.25, 0.3) is 0 Å². The van der Waals surface area contributed by atoms with Crippen molar-refractivity contribution >= 4 is 16.8 Å². The van der Waals surface area contributed by atoms with Crippen LogP contribution >= 0.6 is 0 Å². The largest absolute Gasteiger partial charge is 0.328 e. The molecule has 3 nitrogen and oxygen atoms in total.